The van der Waals surface area contributed by atoms with Crippen LogP contribution in [0.2, 0.25) is 0 Å². The van der Waals surface area contributed by atoms with Gasteiger partial charge in [-0.15, -0.1) is 0 Å². The number of β-lactam (4-membered cyclic amide) rings is 1. The summed E-state index contributed by atoms with van der Waals surface area (Å²) in [6.07, 6.45) is 0. The normalized spacial score (nSPS) is 33.8. The molecule has 2 aliphatic rings. The number of rotatable bonds is 4. The Morgan fingerprint density at radius 2 is 2.00 bits per heavy atom. The van der Waals surface area contributed by atoms with E-state index in [4.69, 9.17) is 27.9 Å². The van der Waals surface area contributed by atoms with E-state index in [1.165, 1.54) is 4.90 Å². The van der Waals surface area contributed by atoms with Crippen LogP contribution in [0.4, 0.5) is 0 Å². The summed E-state index contributed by atoms with van der Waals surface area (Å²) >= 11 is 11.7. The third kappa shape index (κ3) is 2.53. The Labute approximate surface area is 158 Å². The van der Waals surface area contributed by atoms with Crippen molar-refractivity contribution in [3.8, 4) is 0 Å². The van der Waals surface area contributed by atoms with E-state index in [0.717, 1.165) is 4.46 Å². The first-order valence-electron chi connectivity index (χ1n) is 7.14. The molecule has 0 N–H and O–H groups in total. The minimum absolute atomic E-state index is 0.315. The van der Waals surface area contributed by atoms with Gasteiger partial charge in [-0.25, -0.2) is 0 Å². The minimum atomic E-state index is -1.49. The number of carbonyl (C=O) groups is 2. The molecule has 3 rings (SSSR count). The molecule has 1 aromatic carbocycles. The SMILES string of the molecule is CC1(C)[C@H](C(=O)OCCl)N2C(=O)[C@@](Cl)([Se]c3ccccc3)[C@H]2S1=O. The van der Waals surface area contributed by atoms with Gasteiger partial charge in [-0.3, -0.25) is 0 Å². The molecule has 9 heteroatoms. The van der Waals surface area contributed by atoms with Crippen LogP contribution in [0.15, 0.2) is 30.3 Å². The van der Waals surface area contributed by atoms with E-state index < -0.39 is 51.7 Å². The number of nitrogens with zero attached hydrogens (tertiary/aromatic N) is 1. The molecule has 1 aromatic rings. The van der Waals surface area contributed by atoms with Crippen molar-refractivity contribution in [3.05, 3.63) is 30.3 Å². The molecule has 5 nitrogen and oxygen atoms in total. The van der Waals surface area contributed by atoms with Crippen molar-refractivity contribution in [1.29, 1.82) is 0 Å². The Morgan fingerprint density at radius 3 is 2.58 bits per heavy atom. The molecule has 2 heterocycles. The van der Waals surface area contributed by atoms with Gasteiger partial charge < -0.3 is 0 Å². The fourth-order valence-corrected chi connectivity index (χ4v) is 8.82. The third-order valence-corrected chi connectivity index (χ3v) is 10.3. The van der Waals surface area contributed by atoms with Crippen LogP contribution < -0.4 is 4.46 Å². The number of hydrogen-bond acceptors (Lipinski definition) is 4. The standard InChI is InChI=1S/C15H15Cl2NO4SSe/c1-14(2)10(11(19)22-8-16)18-12(20)15(17,13(18)23(14)21)24-9-6-4-3-5-7-9/h3-7,10,13H,8H2,1-2H3/t10-,13+,15+,23?/m0/s1. The zero-order valence-corrected chi connectivity index (χ0v) is 16.9. The average molecular weight is 455 g/mol. The van der Waals surface area contributed by atoms with Gasteiger partial charge in [-0.05, 0) is 0 Å². The summed E-state index contributed by atoms with van der Waals surface area (Å²) in [6, 6.07) is 8.15. The van der Waals surface area contributed by atoms with E-state index in [2.05, 4.69) is 0 Å². The molecule has 130 valence electrons. The molecule has 4 atom stereocenters. The van der Waals surface area contributed by atoms with Crippen LogP contribution >= 0.6 is 23.2 Å². The maximum absolute atomic E-state index is 13.0. The molecule has 2 aliphatic heterocycles. The van der Waals surface area contributed by atoms with E-state index in [0.29, 0.717) is 0 Å². The first kappa shape index (κ1) is 18.2. The number of alkyl halides is 2. The number of fused-ring (bicyclic) bond motifs is 1. The summed E-state index contributed by atoms with van der Waals surface area (Å²) in [6.45, 7) is 3.36. The molecule has 1 amide bonds. The molecular weight excluding hydrogens is 440 g/mol. The third-order valence-electron chi connectivity index (χ3n) is 4.18. The number of amides is 1. The van der Waals surface area contributed by atoms with Gasteiger partial charge in [0.1, 0.15) is 0 Å². The second kappa shape index (κ2) is 6.29. The molecule has 1 unspecified atom stereocenters. The van der Waals surface area contributed by atoms with E-state index in [1.54, 1.807) is 13.8 Å². The molecule has 24 heavy (non-hydrogen) atoms. The fourth-order valence-electron chi connectivity index (χ4n) is 3.01. The molecule has 0 saturated carbocycles. The number of benzene rings is 1. The Balaban J connectivity index is 1.93. The molecular formula is C15H15Cl2NO4SSe. The van der Waals surface area contributed by atoms with Crippen LogP contribution in [-0.4, -0.2) is 61.9 Å². The van der Waals surface area contributed by atoms with Crippen molar-refractivity contribution in [2.45, 2.75) is 33.8 Å². The van der Waals surface area contributed by atoms with Gasteiger partial charge in [0.25, 0.3) is 0 Å². The average Bonchev–Trinajstić information content (AvgIpc) is 2.74. The van der Waals surface area contributed by atoms with E-state index in [-0.39, 0.29) is 12.0 Å². The van der Waals surface area contributed by atoms with Crippen LogP contribution in [0.25, 0.3) is 0 Å². The first-order chi connectivity index (χ1) is 11.2. The zero-order chi connectivity index (χ0) is 17.7. The van der Waals surface area contributed by atoms with Crippen molar-refractivity contribution >= 4 is 65.3 Å². The summed E-state index contributed by atoms with van der Waals surface area (Å²) < 4.78 is 16.6. The van der Waals surface area contributed by atoms with Gasteiger partial charge in [0.05, 0.1) is 0 Å². The van der Waals surface area contributed by atoms with Crippen molar-refractivity contribution in [2.75, 3.05) is 6.07 Å². The summed E-state index contributed by atoms with van der Waals surface area (Å²) in [5.74, 6) is -1.02. The van der Waals surface area contributed by atoms with Gasteiger partial charge in [-0.1, -0.05) is 0 Å². The van der Waals surface area contributed by atoms with Crippen molar-refractivity contribution in [3.63, 3.8) is 0 Å². The van der Waals surface area contributed by atoms with Gasteiger partial charge in [-0.2, -0.15) is 0 Å². The van der Waals surface area contributed by atoms with Crippen LogP contribution in [0.3, 0.4) is 0 Å². The Morgan fingerprint density at radius 1 is 1.38 bits per heavy atom. The summed E-state index contributed by atoms with van der Waals surface area (Å²) in [4.78, 5) is 26.3. The van der Waals surface area contributed by atoms with E-state index >= 15 is 0 Å². The zero-order valence-electron chi connectivity index (χ0n) is 12.9. The molecule has 0 bridgehead atoms. The summed E-state index contributed by atoms with van der Waals surface area (Å²) in [5, 5.41) is -0.699. The Kier molecular flexibility index (Phi) is 4.77. The van der Waals surface area contributed by atoms with Gasteiger partial charge in [0.2, 0.25) is 0 Å². The monoisotopic (exact) mass is 455 g/mol. The topological polar surface area (TPSA) is 63.7 Å². The molecule has 0 radical (unpaired) electrons. The predicted octanol–water partition coefficient (Wildman–Crippen LogP) is 0.768. The van der Waals surface area contributed by atoms with Crippen LogP contribution in [0, 0.1) is 0 Å². The first-order valence-corrected chi connectivity index (χ1v) is 11.0. The van der Waals surface area contributed by atoms with Crippen molar-refractivity contribution in [2.24, 2.45) is 0 Å². The summed E-state index contributed by atoms with van der Waals surface area (Å²) in [7, 11) is -1.49. The van der Waals surface area contributed by atoms with E-state index in [9.17, 15) is 13.8 Å². The van der Waals surface area contributed by atoms with Crippen LogP contribution in [0.1, 0.15) is 13.8 Å². The van der Waals surface area contributed by atoms with Crippen LogP contribution in [0.5, 0.6) is 0 Å². The fraction of sp³-hybridized carbons (Fsp3) is 0.467. The summed E-state index contributed by atoms with van der Waals surface area (Å²) in [5.41, 5.74) is 0. The van der Waals surface area contributed by atoms with Gasteiger partial charge in [0, 0.05) is 0 Å². The van der Waals surface area contributed by atoms with Crippen molar-refractivity contribution in [1.82, 2.24) is 4.90 Å². The number of esters is 1. The van der Waals surface area contributed by atoms with Crippen LogP contribution in [-0.2, 0) is 25.1 Å². The van der Waals surface area contributed by atoms with Gasteiger partial charge >= 0.3 is 159 Å². The second-order valence-electron chi connectivity index (χ2n) is 6.00. The molecule has 0 spiro atoms. The quantitative estimate of drug-likeness (QED) is 0.291. The molecule has 0 aromatic heterocycles. The molecule has 2 fully saturated rings. The van der Waals surface area contributed by atoms with Crippen molar-refractivity contribution < 1.29 is 18.5 Å². The molecule has 0 aliphatic carbocycles. The van der Waals surface area contributed by atoms with E-state index in [1.807, 2.05) is 30.3 Å². The maximum atomic E-state index is 13.0. The number of ether oxygens (including phenoxy) is 1. The number of carbonyl (C=O) groups excluding carboxylic acids is 2. The Hall–Kier alpha value is -0.591. The second-order valence-corrected chi connectivity index (χ2v) is 12.2. The number of hydrogen-bond donors (Lipinski definition) is 0. The van der Waals surface area contributed by atoms with Gasteiger partial charge in [0.15, 0.2) is 0 Å². The Bertz CT molecular complexity index is 717. The molecule has 2 saturated heterocycles. The number of halogens is 2. The predicted molar refractivity (Wildman–Crippen MR) is 93.9 cm³/mol.